The Hall–Kier alpha value is -1.67. The number of rotatable bonds is 6. The third-order valence-corrected chi connectivity index (χ3v) is 2.42. The van der Waals surface area contributed by atoms with Crippen LogP contribution in [0.2, 0.25) is 0 Å². The van der Waals surface area contributed by atoms with Gasteiger partial charge in [-0.3, -0.25) is 0 Å². The Morgan fingerprint density at radius 2 is 1.84 bits per heavy atom. The Kier molecular flexibility index (Phi) is 5.71. The van der Waals surface area contributed by atoms with Crippen LogP contribution in [0.15, 0.2) is 12.1 Å². The average Bonchev–Trinajstić information content (AvgIpc) is 2.33. The van der Waals surface area contributed by atoms with E-state index in [1.807, 2.05) is 13.8 Å². The van der Waals surface area contributed by atoms with Gasteiger partial charge in [0, 0.05) is 6.54 Å². The standard InChI is InChI=1S/C14H18F2N2O/c1-9(2)7-18-8-11-4-12(15)14(13(16)5-11)19-10(3)6-17/h4-5,9-10,18H,7-8H2,1-3H3. The van der Waals surface area contributed by atoms with Crippen LogP contribution < -0.4 is 10.1 Å². The summed E-state index contributed by atoms with van der Waals surface area (Å²) >= 11 is 0. The highest BCUT2D eigenvalue weighted by Gasteiger charge is 2.15. The number of halogens is 2. The van der Waals surface area contributed by atoms with Crippen LogP contribution in [0, 0.1) is 28.9 Å². The molecule has 1 atom stereocenters. The van der Waals surface area contributed by atoms with E-state index in [0.717, 1.165) is 6.54 Å². The summed E-state index contributed by atoms with van der Waals surface area (Å²) in [6.45, 7) is 6.69. The van der Waals surface area contributed by atoms with Crippen molar-refractivity contribution in [3.63, 3.8) is 0 Å². The summed E-state index contributed by atoms with van der Waals surface area (Å²) in [5, 5.41) is 11.7. The lowest BCUT2D eigenvalue weighted by Crippen LogP contribution is -2.19. The number of nitrogens with one attached hydrogen (secondary N) is 1. The highest BCUT2D eigenvalue weighted by Crippen LogP contribution is 2.24. The largest absolute Gasteiger partial charge is 0.470 e. The first-order chi connectivity index (χ1) is 8.93. The number of hydrogen-bond donors (Lipinski definition) is 1. The molecule has 0 saturated carbocycles. The molecular formula is C14H18F2N2O. The third kappa shape index (κ3) is 4.84. The predicted octanol–water partition coefficient (Wildman–Crippen LogP) is 3.00. The zero-order valence-corrected chi connectivity index (χ0v) is 11.3. The van der Waals surface area contributed by atoms with Crippen molar-refractivity contribution >= 4 is 0 Å². The smallest absolute Gasteiger partial charge is 0.192 e. The van der Waals surface area contributed by atoms with Gasteiger partial charge >= 0.3 is 0 Å². The number of hydrogen-bond acceptors (Lipinski definition) is 3. The van der Waals surface area contributed by atoms with E-state index in [0.29, 0.717) is 18.0 Å². The number of nitrogens with zero attached hydrogens (tertiary/aromatic N) is 1. The summed E-state index contributed by atoms with van der Waals surface area (Å²) in [4.78, 5) is 0. The van der Waals surface area contributed by atoms with Crippen LogP contribution in [0.1, 0.15) is 26.3 Å². The van der Waals surface area contributed by atoms with Gasteiger partial charge < -0.3 is 10.1 Å². The highest BCUT2D eigenvalue weighted by atomic mass is 19.1. The van der Waals surface area contributed by atoms with Gasteiger partial charge in [-0.05, 0) is 37.1 Å². The molecule has 1 N–H and O–H groups in total. The first-order valence-electron chi connectivity index (χ1n) is 6.19. The van der Waals surface area contributed by atoms with Crippen molar-refractivity contribution in [2.75, 3.05) is 6.54 Å². The molecule has 0 aliphatic carbocycles. The van der Waals surface area contributed by atoms with Crippen LogP contribution in [0.5, 0.6) is 5.75 Å². The molecule has 104 valence electrons. The zero-order chi connectivity index (χ0) is 14.4. The molecule has 1 rings (SSSR count). The normalized spacial score (nSPS) is 12.3. The molecular weight excluding hydrogens is 250 g/mol. The van der Waals surface area contributed by atoms with E-state index in [1.54, 1.807) is 6.07 Å². The van der Waals surface area contributed by atoms with Crippen molar-refractivity contribution in [3.8, 4) is 11.8 Å². The average molecular weight is 268 g/mol. The summed E-state index contributed by atoms with van der Waals surface area (Å²) in [6.07, 6.45) is -0.895. The number of benzene rings is 1. The molecule has 0 radical (unpaired) electrons. The van der Waals surface area contributed by atoms with Crippen molar-refractivity contribution in [2.45, 2.75) is 33.4 Å². The van der Waals surface area contributed by atoms with Gasteiger partial charge in [-0.15, -0.1) is 0 Å². The zero-order valence-electron chi connectivity index (χ0n) is 11.3. The molecule has 0 saturated heterocycles. The van der Waals surface area contributed by atoms with Gasteiger partial charge in [0.05, 0.1) is 0 Å². The molecule has 0 aliphatic heterocycles. The van der Waals surface area contributed by atoms with Crippen molar-refractivity contribution in [3.05, 3.63) is 29.3 Å². The highest BCUT2D eigenvalue weighted by molar-refractivity contribution is 5.31. The fraction of sp³-hybridized carbons (Fsp3) is 0.500. The number of ether oxygens (including phenoxy) is 1. The predicted molar refractivity (Wildman–Crippen MR) is 68.6 cm³/mol. The summed E-state index contributed by atoms with van der Waals surface area (Å²) < 4.78 is 32.3. The van der Waals surface area contributed by atoms with Crippen molar-refractivity contribution in [2.24, 2.45) is 5.92 Å². The molecule has 0 heterocycles. The van der Waals surface area contributed by atoms with Gasteiger partial charge in [0.25, 0.3) is 0 Å². The third-order valence-electron chi connectivity index (χ3n) is 2.42. The summed E-state index contributed by atoms with van der Waals surface area (Å²) in [6, 6.07) is 4.20. The molecule has 0 aromatic heterocycles. The monoisotopic (exact) mass is 268 g/mol. The van der Waals surface area contributed by atoms with Gasteiger partial charge in [-0.2, -0.15) is 5.26 Å². The van der Waals surface area contributed by atoms with E-state index in [9.17, 15) is 8.78 Å². The number of nitriles is 1. The van der Waals surface area contributed by atoms with E-state index >= 15 is 0 Å². The lowest BCUT2D eigenvalue weighted by Gasteiger charge is -2.12. The maximum atomic E-state index is 13.7. The second kappa shape index (κ2) is 7.05. The van der Waals surface area contributed by atoms with Crippen LogP contribution in [0.3, 0.4) is 0 Å². The maximum absolute atomic E-state index is 13.7. The topological polar surface area (TPSA) is 45.0 Å². The van der Waals surface area contributed by atoms with Gasteiger partial charge in [0.1, 0.15) is 6.07 Å². The molecule has 5 heteroatoms. The lowest BCUT2D eigenvalue weighted by molar-refractivity contribution is 0.249. The van der Waals surface area contributed by atoms with Crippen LogP contribution in [-0.4, -0.2) is 12.6 Å². The van der Waals surface area contributed by atoms with E-state index in [4.69, 9.17) is 10.00 Å². The van der Waals surface area contributed by atoms with E-state index in [1.165, 1.54) is 19.1 Å². The van der Waals surface area contributed by atoms with Gasteiger partial charge in [-0.1, -0.05) is 13.8 Å². The molecule has 0 fully saturated rings. The molecule has 0 spiro atoms. The Morgan fingerprint density at radius 1 is 1.26 bits per heavy atom. The van der Waals surface area contributed by atoms with Gasteiger partial charge in [0.15, 0.2) is 23.5 Å². The minimum absolute atomic E-state index is 0.389. The molecule has 3 nitrogen and oxygen atoms in total. The fourth-order valence-corrected chi connectivity index (χ4v) is 1.54. The Morgan fingerprint density at radius 3 is 2.32 bits per heavy atom. The quantitative estimate of drug-likeness (QED) is 0.862. The second-order valence-corrected chi connectivity index (χ2v) is 4.80. The lowest BCUT2D eigenvalue weighted by atomic mass is 10.1. The van der Waals surface area contributed by atoms with E-state index in [-0.39, 0.29) is 0 Å². The van der Waals surface area contributed by atoms with E-state index in [2.05, 4.69) is 5.32 Å². The van der Waals surface area contributed by atoms with Crippen LogP contribution >= 0.6 is 0 Å². The van der Waals surface area contributed by atoms with Crippen molar-refractivity contribution in [1.29, 1.82) is 5.26 Å². The first-order valence-corrected chi connectivity index (χ1v) is 6.19. The van der Waals surface area contributed by atoms with Crippen LogP contribution in [0.4, 0.5) is 8.78 Å². The molecule has 1 unspecified atom stereocenters. The summed E-state index contributed by atoms with van der Waals surface area (Å²) in [7, 11) is 0. The summed E-state index contributed by atoms with van der Waals surface area (Å²) in [5.41, 5.74) is 0.507. The van der Waals surface area contributed by atoms with Gasteiger partial charge in [0.2, 0.25) is 0 Å². The van der Waals surface area contributed by atoms with Gasteiger partial charge in [-0.25, -0.2) is 8.78 Å². The molecule has 0 aliphatic rings. The van der Waals surface area contributed by atoms with Crippen LogP contribution in [0.25, 0.3) is 0 Å². The van der Waals surface area contributed by atoms with E-state index < -0.39 is 23.5 Å². The SMILES string of the molecule is CC(C)CNCc1cc(F)c(OC(C)C#N)c(F)c1. The fourth-order valence-electron chi connectivity index (χ4n) is 1.54. The molecule has 1 aromatic rings. The minimum Gasteiger partial charge on any atom is -0.470 e. The molecule has 0 bridgehead atoms. The summed E-state index contributed by atoms with van der Waals surface area (Å²) in [5.74, 6) is -1.61. The van der Waals surface area contributed by atoms with Crippen molar-refractivity contribution < 1.29 is 13.5 Å². The second-order valence-electron chi connectivity index (χ2n) is 4.80. The Labute approximate surface area is 112 Å². The Bertz CT molecular complexity index is 446. The Balaban J connectivity index is 2.76. The molecule has 0 amide bonds. The first kappa shape index (κ1) is 15.4. The molecule has 1 aromatic carbocycles. The van der Waals surface area contributed by atoms with Crippen LogP contribution in [-0.2, 0) is 6.54 Å². The maximum Gasteiger partial charge on any atom is 0.192 e. The molecule has 19 heavy (non-hydrogen) atoms. The van der Waals surface area contributed by atoms with Crippen molar-refractivity contribution in [1.82, 2.24) is 5.32 Å². The minimum atomic E-state index is -0.895.